The second-order valence-electron chi connectivity index (χ2n) is 7.02. The monoisotopic (exact) mass is 391 g/mol. The van der Waals surface area contributed by atoms with Crippen molar-refractivity contribution < 1.29 is 13.4 Å². The standard InChI is InChI=1S/C21H18FN5O2/c22-17-10-4-8-15(12-17)18-23-20(28-25-18)16-9-5-11-27(13-16)21-24-19(29-26-21)14-6-2-1-3-7-14/h1-4,6-8,10,12,16H,5,9,11,13H2. The first kappa shape index (κ1) is 17.5. The summed E-state index contributed by atoms with van der Waals surface area (Å²) in [6, 6.07) is 15.8. The van der Waals surface area contributed by atoms with Crippen molar-refractivity contribution in [1.82, 2.24) is 20.3 Å². The molecule has 4 aromatic rings. The topological polar surface area (TPSA) is 81.1 Å². The fraction of sp³-hybridized carbons (Fsp3) is 0.238. The number of piperidine rings is 1. The number of halogens is 1. The van der Waals surface area contributed by atoms with Crippen LogP contribution in [-0.4, -0.2) is 33.4 Å². The minimum Gasteiger partial charge on any atom is -0.339 e. The molecule has 1 aliphatic rings. The zero-order valence-electron chi connectivity index (χ0n) is 15.5. The molecule has 0 N–H and O–H groups in total. The molecule has 7 nitrogen and oxygen atoms in total. The molecule has 1 fully saturated rings. The smallest absolute Gasteiger partial charge is 0.266 e. The van der Waals surface area contributed by atoms with Crippen molar-refractivity contribution in [2.45, 2.75) is 18.8 Å². The summed E-state index contributed by atoms with van der Waals surface area (Å²) in [5.41, 5.74) is 1.48. The lowest BCUT2D eigenvalue weighted by atomic mass is 9.98. The minimum atomic E-state index is -0.330. The van der Waals surface area contributed by atoms with Gasteiger partial charge in [-0.2, -0.15) is 9.97 Å². The molecule has 146 valence electrons. The normalized spacial score (nSPS) is 16.9. The highest BCUT2D eigenvalue weighted by atomic mass is 19.1. The molecule has 3 heterocycles. The van der Waals surface area contributed by atoms with Crippen molar-refractivity contribution in [3.8, 4) is 22.8 Å². The van der Waals surface area contributed by atoms with Crippen LogP contribution in [-0.2, 0) is 0 Å². The second kappa shape index (κ2) is 7.46. The molecular weight excluding hydrogens is 373 g/mol. The Hall–Kier alpha value is -3.55. The highest BCUT2D eigenvalue weighted by Gasteiger charge is 2.28. The van der Waals surface area contributed by atoms with Crippen LogP contribution < -0.4 is 4.90 Å². The number of benzene rings is 2. The quantitative estimate of drug-likeness (QED) is 0.513. The van der Waals surface area contributed by atoms with Gasteiger partial charge in [0.1, 0.15) is 5.82 Å². The second-order valence-corrected chi connectivity index (χ2v) is 7.02. The summed E-state index contributed by atoms with van der Waals surface area (Å²) in [7, 11) is 0. The van der Waals surface area contributed by atoms with Crippen LogP contribution in [0, 0.1) is 5.82 Å². The van der Waals surface area contributed by atoms with Gasteiger partial charge in [0.25, 0.3) is 11.8 Å². The Balaban J connectivity index is 1.33. The summed E-state index contributed by atoms with van der Waals surface area (Å²) in [6.45, 7) is 1.48. The van der Waals surface area contributed by atoms with Gasteiger partial charge in [0, 0.05) is 24.2 Å². The van der Waals surface area contributed by atoms with E-state index >= 15 is 0 Å². The summed E-state index contributed by atoms with van der Waals surface area (Å²) in [5.74, 6) is 1.71. The van der Waals surface area contributed by atoms with Gasteiger partial charge in [-0.25, -0.2) is 4.39 Å². The maximum absolute atomic E-state index is 13.5. The number of rotatable bonds is 4. The summed E-state index contributed by atoms with van der Waals surface area (Å²) in [6.07, 6.45) is 1.86. The average molecular weight is 391 g/mol. The minimum absolute atomic E-state index is 0.0530. The van der Waals surface area contributed by atoms with E-state index in [1.165, 1.54) is 12.1 Å². The van der Waals surface area contributed by atoms with Crippen molar-refractivity contribution in [3.05, 3.63) is 66.3 Å². The van der Waals surface area contributed by atoms with Gasteiger partial charge in [0.15, 0.2) is 0 Å². The molecule has 8 heteroatoms. The number of hydrogen-bond donors (Lipinski definition) is 0. The molecule has 0 aliphatic carbocycles. The zero-order chi connectivity index (χ0) is 19.6. The molecule has 29 heavy (non-hydrogen) atoms. The van der Waals surface area contributed by atoms with Gasteiger partial charge in [-0.05, 0) is 42.3 Å². The first-order valence-corrected chi connectivity index (χ1v) is 9.50. The van der Waals surface area contributed by atoms with Crippen LogP contribution in [0.3, 0.4) is 0 Å². The lowest BCUT2D eigenvalue weighted by Crippen LogP contribution is -2.35. The van der Waals surface area contributed by atoms with Crippen molar-refractivity contribution in [2.75, 3.05) is 18.0 Å². The van der Waals surface area contributed by atoms with Crippen LogP contribution in [0.25, 0.3) is 22.8 Å². The Kier molecular flexibility index (Phi) is 4.51. The van der Waals surface area contributed by atoms with E-state index in [0.29, 0.717) is 35.7 Å². The number of hydrogen-bond acceptors (Lipinski definition) is 7. The van der Waals surface area contributed by atoms with Crippen molar-refractivity contribution in [2.24, 2.45) is 0 Å². The first-order valence-electron chi connectivity index (χ1n) is 9.50. The van der Waals surface area contributed by atoms with Crippen LogP contribution in [0.1, 0.15) is 24.7 Å². The van der Waals surface area contributed by atoms with E-state index in [1.807, 2.05) is 30.3 Å². The Morgan fingerprint density at radius 1 is 0.931 bits per heavy atom. The van der Waals surface area contributed by atoms with E-state index in [9.17, 15) is 4.39 Å². The predicted octanol–water partition coefficient (Wildman–Crippen LogP) is 4.31. The molecule has 0 bridgehead atoms. The van der Waals surface area contributed by atoms with Gasteiger partial charge >= 0.3 is 0 Å². The molecule has 2 aromatic heterocycles. The highest BCUT2D eigenvalue weighted by Crippen LogP contribution is 2.30. The van der Waals surface area contributed by atoms with Crippen LogP contribution in [0.5, 0.6) is 0 Å². The van der Waals surface area contributed by atoms with E-state index in [4.69, 9.17) is 9.05 Å². The van der Waals surface area contributed by atoms with Crippen molar-refractivity contribution in [3.63, 3.8) is 0 Å². The van der Waals surface area contributed by atoms with Gasteiger partial charge in [-0.3, -0.25) is 0 Å². The van der Waals surface area contributed by atoms with Gasteiger partial charge in [-0.15, -0.1) is 0 Å². The number of aromatic nitrogens is 4. The Labute approximate surface area is 166 Å². The third kappa shape index (κ3) is 3.61. The molecule has 1 saturated heterocycles. The Morgan fingerprint density at radius 3 is 2.66 bits per heavy atom. The molecule has 1 aliphatic heterocycles. The van der Waals surface area contributed by atoms with Crippen LogP contribution >= 0.6 is 0 Å². The molecular formula is C21H18FN5O2. The van der Waals surface area contributed by atoms with Crippen LogP contribution in [0.4, 0.5) is 10.3 Å². The van der Waals surface area contributed by atoms with E-state index in [-0.39, 0.29) is 11.7 Å². The fourth-order valence-electron chi connectivity index (χ4n) is 3.55. The molecule has 0 saturated carbocycles. The zero-order valence-corrected chi connectivity index (χ0v) is 15.5. The van der Waals surface area contributed by atoms with Crippen molar-refractivity contribution in [1.29, 1.82) is 0 Å². The lowest BCUT2D eigenvalue weighted by Gasteiger charge is -2.29. The first-order chi connectivity index (χ1) is 14.3. The largest absolute Gasteiger partial charge is 0.339 e. The lowest BCUT2D eigenvalue weighted by molar-refractivity contribution is 0.331. The molecule has 1 unspecified atom stereocenters. The van der Waals surface area contributed by atoms with Gasteiger partial charge in [0.05, 0.1) is 5.92 Å². The third-order valence-corrected chi connectivity index (χ3v) is 5.01. The van der Waals surface area contributed by atoms with Gasteiger partial charge < -0.3 is 13.9 Å². The molecule has 0 amide bonds. The van der Waals surface area contributed by atoms with Crippen LogP contribution in [0.2, 0.25) is 0 Å². The van der Waals surface area contributed by atoms with Gasteiger partial charge in [-0.1, -0.05) is 35.5 Å². The van der Waals surface area contributed by atoms with Crippen molar-refractivity contribution >= 4 is 5.95 Å². The SMILES string of the molecule is Fc1cccc(-c2noc(C3CCCN(c4noc(-c5ccccc5)n4)C3)n2)c1. The Morgan fingerprint density at radius 2 is 1.79 bits per heavy atom. The summed E-state index contributed by atoms with van der Waals surface area (Å²) >= 11 is 0. The molecule has 0 radical (unpaired) electrons. The van der Waals surface area contributed by atoms with E-state index in [1.54, 1.807) is 12.1 Å². The fourth-order valence-corrected chi connectivity index (χ4v) is 3.55. The van der Waals surface area contributed by atoms with E-state index in [0.717, 1.165) is 24.9 Å². The number of nitrogens with zero attached hydrogens (tertiary/aromatic N) is 5. The summed E-state index contributed by atoms with van der Waals surface area (Å²) in [4.78, 5) is 11.1. The highest BCUT2D eigenvalue weighted by molar-refractivity contribution is 5.55. The molecule has 1 atom stereocenters. The van der Waals surface area contributed by atoms with E-state index < -0.39 is 0 Å². The summed E-state index contributed by atoms with van der Waals surface area (Å²) < 4.78 is 24.4. The van der Waals surface area contributed by atoms with Gasteiger partial charge in [0.2, 0.25) is 11.7 Å². The molecule has 0 spiro atoms. The predicted molar refractivity (Wildman–Crippen MR) is 104 cm³/mol. The summed E-state index contributed by atoms with van der Waals surface area (Å²) in [5, 5.41) is 8.16. The average Bonchev–Trinajstić information content (AvgIpc) is 3.45. The number of anilines is 1. The molecule has 2 aromatic carbocycles. The maximum Gasteiger partial charge on any atom is 0.266 e. The van der Waals surface area contributed by atoms with Crippen LogP contribution in [0.15, 0.2) is 63.6 Å². The maximum atomic E-state index is 13.5. The third-order valence-electron chi connectivity index (χ3n) is 5.01. The Bertz CT molecular complexity index is 1110. The van der Waals surface area contributed by atoms with E-state index in [2.05, 4.69) is 25.2 Å². The molecule has 5 rings (SSSR count).